The Balaban J connectivity index is 1.37. The standard InChI is InChI=1S/C21H20N4O2/c26-20-15-7-1-2-8-16(15)22-19(24-20)13-25-11-5-6-14(12-25)21-23-17-9-3-4-10-18(17)27-21/h1-4,7-10,14H,5-6,11-13H2,(H,22,24,26). The van der Waals surface area contributed by atoms with Crippen LogP contribution in [-0.4, -0.2) is 32.9 Å². The van der Waals surface area contributed by atoms with Crippen molar-refractivity contribution in [2.45, 2.75) is 25.3 Å². The highest BCUT2D eigenvalue weighted by Gasteiger charge is 2.26. The highest BCUT2D eigenvalue weighted by molar-refractivity contribution is 5.77. The van der Waals surface area contributed by atoms with E-state index in [1.54, 1.807) is 6.07 Å². The third kappa shape index (κ3) is 3.13. The summed E-state index contributed by atoms with van der Waals surface area (Å²) in [5.74, 6) is 1.77. The van der Waals surface area contributed by atoms with Gasteiger partial charge in [0.05, 0.1) is 17.4 Å². The molecule has 6 nitrogen and oxygen atoms in total. The lowest BCUT2D eigenvalue weighted by molar-refractivity contribution is 0.183. The number of H-pyrrole nitrogens is 1. The zero-order valence-corrected chi connectivity index (χ0v) is 14.9. The van der Waals surface area contributed by atoms with Crippen LogP contribution in [0.5, 0.6) is 0 Å². The highest BCUT2D eigenvalue weighted by atomic mass is 16.3. The largest absolute Gasteiger partial charge is 0.440 e. The quantitative estimate of drug-likeness (QED) is 0.606. The van der Waals surface area contributed by atoms with Crippen molar-refractivity contribution in [1.82, 2.24) is 19.9 Å². The molecule has 1 unspecified atom stereocenters. The number of likely N-dealkylation sites (tertiary alicyclic amines) is 1. The summed E-state index contributed by atoms with van der Waals surface area (Å²) in [4.78, 5) is 26.8. The second kappa shape index (κ2) is 6.63. The predicted molar refractivity (Wildman–Crippen MR) is 104 cm³/mol. The number of piperidine rings is 1. The van der Waals surface area contributed by atoms with Crippen LogP contribution in [0, 0.1) is 0 Å². The van der Waals surface area contributed by atoms with Crippen LogP contribution in [0.3, 0.4) is 0 Å². The molecule has 6 heteroatoms. The molecule has 0 bridgehead atoms. The maximum absolute atomic E-state index is 12.3. The van der Waals surface area contributed by atoms with E-state index in [4.69, 9.17) is 4.42 Å². The molecule has 0 amide bonds. The van der Waals surface area contributed by atoms with Gasteiger partial charge in [0.1, 0.15) is 11.3 Å². The Hall–Kier alpha value is -2.99. The summed E-state index contributed by atoms with van der Waals surface area (Å²) in [6, 6.07) is 15.3. The van der Waals surface area contributed by atoms with Crippen molar-refractivity contribution in [2.24, 2.45) is 0 Å². The average molecular weight is 360 g/mol. The van der Waals surface area contributed by atoms with Crippen molar-refractivity contribution < 1.29 is 4.42 Å². The lowest BCUT2D eigenvalue weighted by atomic mass is 9.98. The molecule has 1 fully saturated rings. The number of aromatic nitrogens is 3. The first-order chi connectivity index (χ1) is 13.3. The summed E-state index contributed by atoms with van der Waals surface area (Å²) in [7, 11) is 0. The molecule has 1 aliphatic heterocycles. The molecule has 1 aliphatic rings. The lowest BCUT2D eigenvalue weighted by Gasteiger charge is -2.30. The van der Waals surface area contributed by atoms with E-state index in [0.717, 1.165) is 48.4 Å². The third-order valence-corrected chi connectivity index (χ3v) is 5.20. The Bertz CT molecular complexity index is 1130. The first-order valence-corrected chi connectivity index (χ1v) is 9.32. The van der Waals surface area contributed by atoms with Gasteiger partial charge in [-0.1, -0.05) is 24.3 Å². The maximum atomic E-state index is 12.3. The van der Waals surface area contributed by atoms with Gasteiger partial charge in [-0.05, 0) is 43.7 Å². The van der Waals surface area contributed by atoms with Crippen LogP contribution in [0.15, 0.2) is 57.7 Å². The maximum Gasteiger partial charge on any atom is 0.258 e. The fourth-order valence-corrected chi connectivity index (χ4v) is 3.89. The Morgan fingerprint density at radius 2 is 1.89 bits per heavy atom. The van der Waals surface area contributed by atoms with Crippen LogP contribution < -0.4 is 5.56 Å². The van der Waals surface area contributed by atoms with E-state index in [2.05, 4.69) is 19.9 Å². The fourth-order valence-electron chi connectivity index (χ4n) is 3.89. The van der Waals surface area contributed by atoms with E-state index in [1.807, 2.05) is 42.5 Å². The van der Waals surface area contributed by atoms with E-state index in [1.165, 1.54) is 0 Å². The van der Waals surface area contributed by atoms with Crippen LogP contribution in [-0.2, 0) is 6.54 Å². The number of nitrogens with one attached hydrogen (secondary N) is 1. The number of rotatable bonds is 3. The van der Waals surface area contributed by atoms with Gasteiger partial charge in [-0.2, -0.15) is 0 Å². The number of oxazole rings is 1. The fraction of sp³-hybridized carbons (Fsp3) is 0.286. The number of para-hydroxylation sites is 3. The van der Waals surface area contributed by atoms with E-state index < -0.39 is 0 Å². The van der Waals surface area contributed by atoms with E-state index in [-0.39, 0.29) is 11.5 Å². The molecule has 1 atom stereocenters. The van der Waals surface area contributed by atoms with Crippen LogP contribution in [0.4, 0.5) is 0 Å². The molecule has 1 saturated heterocycles. The topological polar surface area (TPSA) is 75.0 Å². The molecule has 4 aromatic rings. The zero-order valence-electron chi connectivity index (χ0n) is 14.9. The first kappa shape index (κ1) is 16.2. The minimum atomic E-state index is -0.0805. The smallest absolute Gasteiger partial charge is 0.258 e. The van der Waals surface area contributed by atoms with E-state index >= 15 is 0 Å². The van der Waals surface area contributed by atoms with Crippen molar-refractivity contribution in [3.63, 3.8) is 0 Å². The van der Waals surface area contributed by atoms with Gasteiger partial charge in [-0.25, -0.2) is 9.97 Å². The molecule has 0 spiro atoms. The molecule has 27 heavy (non-hydrogen) atoms. The Kier molecular flexibility index (Phi) is 3.98. The van der Waals surface area contributed by atoms with E-state index in [9.17, 15) is 4.79 Å². The molecule has 5 rings (SSSR count). The molecule has 0 radical (unpaired) electrons. The summed E-state index contributed by atoms with van der Waals surface area (Å²) in [5.41, 5.74) is 2.40. The Morgan fingerprint density at radius 1 is 1.07 bits per heavy atom. The average Bonchev–Trinajstić information content (AvgIpc) is 3.13. The minimum absolute atomic E-state index is 0.0805. The molecule has 2 aromatic heterocycles. The lowest BCUT2D eigenvalue weighted by Crippen LogP contribution is -2.35. The summed E-state index contributed by atoms with van der Waals surface area (Å²) >= 11 is 0. The highest BCUT2D eigenvalue weighted by Crippen LogP contribution is 2.29. The van der Waals surface area contributed by atoms with Crippen molar-refractivity contribution >= 4 is 22.0 Å². The van der Waals surface area contributed by atoms with Gasteiger partial charge < -0.3 is 9.40 Å². The number of fused-ring (bicyclic) bond motifs is 2. The molecule has 0 aliphatic carbocycles. The molecule has 0 saturated carbocycles. The van der Waals surface area contributed by atoms with Gasteiger partial charge in [0.2, 0.25) is 0 Å². The Labute approximate surface area is 155 Å². The summed E-state index contributed by atoms with van der Waals surface area (Å²) in [5, 5.41) is 0.629. The minimum Gasteiger partial charge on any atom is -0.440 e. The summed E-state index contributed by atoms with van der Waals surface area (Å²) in [6.45, 7) is 2.45. The van der Waals surface area contributed by atoms with Gasteiger partial charge >= 0.3 is 0 Å². The van der Waals surface area contributed by atoms with E-state index in [0.29, 0.717) is 17.8 Å². The number of benzene rings is 2. The van der Waals surface area contributed by atoms with Crippen molar-refractivity contribution in [1.29, 1.82) is 0 Å². The molecular formula is C21H20N4O2. The molecule has 136 valence electrons. The number of hydrogen-bond donors (Lipinski definition) is 1. The predicted octanol–water partition coefficient (Wildman–Crippen LogP) is 3.44. The SMILES string of the molecule is O=c1[nH]c(CN2CCCC(c3nc4ccccc4o3)C2)nc2ccccc12. The Morgan fingerprint density at radius 3 is 2.78 bits per heavy atom. The van der Waals surface area contributed by atoms with Crippen LogP contribution in [0.1, 0.15) is 30.5 Å². The van der Waals surface area contributed by atoms with Crippen LogP contribution in [0.25, 0.3) is 22.0 Å². The van der Waals surface area contributed by atoms with Crippen LogP contribution in [0.2, 0.25) is 0 Å². The molecule has 1 N–H and O–H groups in total. The molecule has 2 aromatic carbocycles. The van der Waals surface area contributed by atoms with Crippen molar-refractivity contribution in [3.05, 3.63) is 70.6 Å². The molecular weight excluding hydrogens is 340 g/mol. The molecule has 3 heterocycles. The van der Waals surface area contributed by atoms with Crippen molar-refractivity contribution in [3.8, 4) is 0 Å². The number of nitrogens with zero attached hydrogens (tertiary/aromatic N) is 3. The second-order valence-corrected chi connectivity index (χ2v) is 7.12. The summed E-state index contributed by atoms with van der Waals surface area (Å²) < 4.78 is 5.97. The zero-order chi connectivity index (χ0) is 18.2. The first-order valence-electron chi connectivity index (χ1n) is 9.32. The van der Waals surface area contributed by atoms with Gasteiger partial charge in [0.25, 0.3) is 5.56 Å². The number of aromatic amines is 1. The third-order valence-electron chi connectivity index (χ3n) is 5.20. The van der Waals surface area contributed by atoms with Gasteiger partial charge in [-0.15, -0.1) is 0 Å². The monoisotopic (exact) mass is 360 g/mol. The van der Waals surface area contributed by atoms with Crippen molar-refractivity contribution in [2.75, 3.05) is 13.1 Å². The second-order valence-electron chi connectivity index (χ2n) is 7.12. The van der Waals surface area contributed by atoms with Gasteiger partial charge in [0.15, 0.2) is 11.5 Å². The van der Waals surface area contributed by atoms with Gasteiger partial charge in [-0.3, -0.25) is 9.69 Å². The number of hydrogen-bond acceptors (Lipinski definition) is 5. The van der Waals surface area contributed by atoms with Gasteiger partial charge in [0, 0.05) is 12.5 Å². The summed E-state index contributed by atoms with van der Waals surface area (Å²) in [6.07, 6.45) is 2.13. The normalized spacial score (nSPS) is 18.3. The van der Waals surface area contributed by atoms with Crippen LogP contribution >= 0.6 is 0 Å².